The average Bonchev–Trinajstić information content (AvgIpc) is 2.67. The molecule has 3 rings (SSSR count). The molecule has 28 heavy (non-hydrogen) atoms. The van der Waals surface area contributed by atoms with Crippen molar-refractivity contribution in [1.82, 2.24) is 4.90 Å². The van der Waals surface area contributed by atoms with Gasteiger partial charge in [-0.2, -0.15) is 0 Å². The van der Waals surface area contributed by atoms with E-state index in [0.29, 0.717) is 10.8 Å². The fraction of sp³-hybridized carbons (Fsp3) is 0.409. The van der Waals surface area contributed by atoms with E-state index < -0.39 is 6.10 Å². The number of hydrogen-bond acceptors (Lipinski definition) is 3. The van der Waals surface area contributed by atoms with Crippen molar-refractivity contribution in [2.24, 2.45) is 5.92 Å². The molecule has 0 aromatic heterocycles. The van der Waals surface area contributed by atoms with Crippen molar-refractivity contribution >= 4 is 39.1 Å². The van der Waals surface area contributed by atoms with Crippen LogP contribution in [-0.4, -0.2) is 30.0 Å². The molecule has 1 fully saturated rings. The summed E-state index contributed by atoms with van der Waals surface area (Å²) < 4.78 is 6.46. The molecule has 0 spiro atoms. The Labute approximate surface area is 180 Å². The predicted octanol–water partition coefficient (Wildman–Crippen LogP) is 5.74. The standard InChI is InChI=1S/C22H26BrClN2O2/c1-15-9-11-26(12-10-15)14-17-3-6-19(7-4-17)25-22(27)16(2)28-21-8-5-18(24)13-20(21)23/h3-8,13,15-16H,9-12,14H2,1-2H3,(H,25,27). The number of ether oxygens (including phenoxy) is 1. The second-order valence-electron chi connectivity index (χ2n) is 7.48. The van der Waals surface area contributed by atoms with Gasteiger partial charge in [0.15, 0.2) is 6.10 Å². The van der Waals surface area contributed by atoms with Gasteiger partial charge in [0.25, 0.3) is 5.91 Å². The van der Waals surface area contributed by atoms with Crippen LogP contribution in [0.4, 0.5) is 5.69 Å². The summed E-state index contributed by atoms with van der Waals surface area (Å²) in [6.07, 6.45) is 1.92. The fourth-order valence-electron chi connectivity index (χ4n) is 3.23. The minimum Gasteiger partial charge on any atom is -0.480 e. The maximum atomic E-state index is 12.4. The number of carbonyl (C=O) groups excluding carboxylic acids is 1. The Bertz CT molecular complexity index is 805. The van der Waals surface area contributed by atoms with Gasteiger partial charge in [-0.15, -0.1) is 0 Å². The first-order valence-electron chi connectivity index (χ1n) is 9.64. The molecule has 4 nitrogen and oxygen atoms in total. The molecule has 2 aromatic carbocycles. The quantitative estimate of drug-likeness (QED) is 0.591. The molecule has 0 saturated carbocycles. The molecule has 1 heterocycles. The van der Waals surface area contributed by atoms with Crippen LogP contribution in [0.1, 0.15) is 32.3 Å². The third kappa shape index (κ3) is 5.97. The average molecular weight is 466 g/mol. The van der Waals surface area contributed by atoms with Gasteiger partial charge in [0.05, 0.1) is 4.47 Å². The molecule has 0 aliphatic carbocycles. The number of nitrogens with one attached hydrogen (secondary N) is 1. The zero-order valence-corrected chi connectivity index (χ0v) is 18.6. The van der Waals surface area contributed by atoms with Gasteiger partial charge in [-0.05, 0) is 90.6 Å². The van der Waals surface area contributed by atoms with E-state index in [1.807, 2.05) is 12.1 Å². The van der Waals surface area contributed by atoms with Crippen molar-refractivity contribution < 1.29 is 9.53 Å². The summed E-state index contributed by atoms with van der Waals surface area (Å²) in [4.78, 5) is 14.9. The number of anilines is 1. The van der Waals surface area contributed by atoms with Crippen LogP contribution in [0.5, 0.6) is 5.75 Å². The van der Waals surface area contributed by atoms with Crippen LogP contribution >= 0.6 is 27.5 Å². The third-order valence-electron chi connectivity index (χ3n) is 5.07. The first kappa shape index (κ1) is 21.2. The maximum absolute atomic E-state index is 12.4. The van der Waals surface area contributed by atoms with E-state index in [2.05, 4.69) is 45.2 Å². The van der Waals surface area contributed by atoms with Gasteiger partial charge >= 0.3 is 0 Å². The second-order valence-corrected chi connectivity index (χ2v) is 8.77. The van der Waals surface area contributed by atoms with Crippen LogP contribution in [0.3, 0.4) is 0 Å². The van der Waals surface area contributed by atoms with Crippen LogP contribution in [0.25, 0.3) is 0 Å². The van der Waals surface area contributed by atoms with Crippen LogP contribution in [0.2, 0.25) is 5.02 Å². The Kier molecular flexibility index (Phi) is 7.38. The number of carbonyl (C=O) groups is 1. The Morgan fingerprint density at radius 3 is 2.57 bits per heavy atom. The summed E-state index contributed by atoms with van der Waals surface area (Å²) in [6, 6.07) is 13.3. The molecule has 2 aromatic rings. The number of rotatable bonds is 6. The SMILES string of the molecule is CC1CCN(Cc2ccc(NC(=O)C(C)Oc3ccc(Cl)cc3Br)cc2)CC1. The van der Waals surface area contributed by atoms with Crippen molar-refractivity contribution in [3.05, 3.63) is 57.5 Å². The minimum atomic E-state index is -0.632. The molecule has 150 valence electrons. The molecule has 1 aliphatic heterocycles. The Balaban J connectivity index is 1.52. The number of hydrogen-bond donors (Lipinski definition) is 1. The van der Waals surface area contributed by atoms with Gasteiger partial charge in [0, 0.05) is 17.3 Å². The zero-order chi connectivity index (χ0) is 20.1. The van der Waals surface area contributed by atoms with Gasteiger partial charge < -0.3 is 10.1 Å². The summed E-state index contributed by atoms with van der Waals surface area (Å²) in [5.41, 5.74) is 2.04. The van der Waals surface area contributed by atoms with Gasteiger partial charge in [-0.25, -0.2) is 0 Å². The molecule has 0 radical (unpaired) electrons. The summed E-state index contributed by atoms with van der Waals surface area (Å²) in [5.74, 6) is 1.23. The zero-order valence-electron chi connectivity index (χ0n) is 16.3. The molecule has 1 unspecified atom stereocenters. The maximum Gasteiger partial charge on any atom is 0.265 e. The minimum absolute atomic E-state index is 0.195. The number of piperidine rings is 1. The van der Waals surface area contributed by atoms with Crippen molar-refractivity contribution in [1.29, 1.82) is 0 Å². The summed E-state index contributed by atoms with van der Waals surface area (Å²) in [6.45, 7) is 7.34. The van der Waals surface area contributed by atoms with E-state index in [1.54, 1.807) is 25.1 Å². The van der Waals surface area contributed by atoms with Gasteiger partial charge in [-0.1, -0.05) is 30.7 Å². The first-order chi connectivity index (χ1) is 13.4. The Morgan fingerprint density at radius 1 is 1.25 bits per heavy atom. The Hall–Kier alpha value is -1.56. The van der Waals surface area contributed by atoms with Crippen molar-refractivity contribution in [3.63, 3.8) is 0 Å². The number of halogens is 2. The van der Waals surface area contributed by atoms with Gasteiger partial charge in [0.1, 0.15) is 5.75 Å². The molecular weight excluding hydrogens is 440 g/mol. The highest BCUT2D eigenvalue weighted by atomic mass is 79.9. The third-order valence-corrected chi connectivity index (χ3v) is 5.93. The molecule has 1 aliphatic rings. The van der Waals surface area contributed by atoms with E-state index in [9.17, 15) is 4.79 Å². The largest absolute Gasteiger partial charge is 0.480 e. The molecule has 0 bridgehead atoms. The van der Waals surface area contributed by atoms with Crippen LogP contribution in [0.15, 0.2) is 46.9 Å². The second kappa shape index (κ2) is 9.77. The van der Waals surface area contributed by atoms with Gasteiger partial charge in [0.2, 0.25) is 0 Å². The molecular formula is C22H26BrClN2O2. The number of likely N-dealkylation sites (tertiary alicyclic amines) is 1. The van der Waals surface area contributed by atoms with E-state index in [0.717, 1.165) is 35.7 Å². The Morgan fingerprint density at radius 2 is 1.93 bits per heavy atom. The highest BCUT2D eigenvalue weighted by Crippen LogP contribution is 2.29. The highest BCUT2D eigenvalue weighted by Gasteiger charge is 2.17. The molecule has 1 saturated heterocycles. The number of amides is 1. The fourth-order valence-corrected chi connectivity index (χ4v) is 4.01. The van der Waals surface area contributed by atoms with E-state index >= 15 is 0 Å². The topological polar surface area (TPSA) is 41.6 Å². The smallest absolute Gasteiger partial charge is 0.265 e. The molecule has 1 atom stereocenters. The normalized spacial score (nSPS) is 16.6. The number of nitrogens with zero attached hydrogens (tertiary/aromatic N) is 1. The summed E-state index contributed by atoms with van der Waals surface area (Å²) in [5, 5.41) is 3.52. The van der Waals surface area contributed by atoms with Crippen LogP contribution in [0, 0.1) is 5.92 Å². The van der Waals surface area contributed by atoms with Crippen LogP contribution in [-0.2, 0) is 11.3 Å². The summed E-state index contributed by atoms with van der Waals surface area (Å²) >= 11 is 9.33. The van der Waals surface area contributed by atoms with Crippen molar-refractivity contribution in [2.45, 2.75) is 39.3 Å². The summed E-state index contributed by atoms with van der Waals surface area (Å²) in [7, 11) is 0. The highest BCUT2D eigenvalue weighted by molar-refractivity contribution is 9.10. The lowest BCUT2D eigenvalue weighted by Crippen LogP contribution is -2.32. The van der Waals surface area contributed by atoms with Crippen molar-refractivity contribution in [3.8, 4) is 5.75 Å². The predicted molar refractivity (Wildman–Crippen MR) is 118 cm³/mol. The van der Waals surface area contributed by atoms with Crippen molar-refractivity contribution in [2.75, 3.05) is 18.4 Å². The molecule has 1 N–H and O–H groups in total. The van der Waals surface area contributed by atoms with Crippen LogP contribution < -0.4 is 10.1 Å². The lowest BCUT2D eigenvalue weighted by atomic mass is 9.99. The number of benzene rings is 2. The van der Waals surface area contributed by atoms with E-state index in [4.69, 9.17) is 16.3 Å². The lowest BCUT2D eigenvalue weighted by Gasteiger charge is -2.30. The monoisotopic (exact) mass is 464 g/mol. The molecule has 6 heteroatoms. The first-order valence-corrected chi connectivity index (χ1v) is 10.8. The van der Waals surface area contributed by atoms with Gasteiger partial charge in [-0.3, -0.25) is 9.69 Å². The molecule has 1 amide bonds. The van der Waals surface area contributed by atoms with E-state index in [-0.39, 0.29) is 5.91 Å². The van der Waals surface area contributed by atoms with E-state index in [1.165, 1.54) is 18.4 Å². The lowest BCUT2D eigenvalue weighted by molar-refractivity contribution is -0.122.